The van der Waals surface area contributed by atoms with Gasteiger partial charge >= 0.3 is 0 Å². The van der Waals surface area contributed by atoms with Gasteiger partial charge in [0.25, 0.3) is 0 Å². The topological polar surface area (TPSA) is 21.3 Å². The van der Waals surface area contributed by atoms with Crippen LogP contribution in [-0.2, 0) is 4.74 Å². The zero-order valence-corrected chi connectivity index (χ0v) is 14.2. The molecule has 2 heteroatoms. The van der Waals surface area contributed by atoms with Crippen LogP contribution >= 0.6 is 0 Å². The maximum Gasteiger partial charge on any atom is 0.0616 e. The van der Waals surface area contributed by atoms with Crippen LogP contribution in [0.15, 0.2) is 0 Å². The summed E-state index contributed by atoms with van der Waals surface area (Å²) in [7, 11) is 0. The molecule has 0 amide bonds. The van der Waals surface area contributed by atoms with Crippen molar-refractivity contribution in [1.82, 2.24) is 5.32 Å². The molecule has 1 saturated heterocycles. The third kappa shape index (κ3) is 6.13. The van der Waals surface area contributed by atoms with Gasteiger partial charge in [-0.15, -0.1) is 0 Å². The summed E-state index contributed by atoms with van der Waals surface area (Å²) >= 11 is 0. The lowest BCUT2D eigenvalue weighted by molar-refractivity contribution is 0.0571. The first-order valence-corrected chi connectivity index (χ1v) is 9.07. The van der Waals surface area contributed by atoms with Gasteiger partial charge in [-0.1, -0.05) is 58.8 Å². The summed E-state index contributed by atoms with van der Waals surface area (Å²) in [5.41, 5.74) is 0.415. The van der Waals surface area contributed by atoms with Crippen LogP contribution in [0.3, 0.4) is 0 Å². The zero-order valence-electron chi connectivity index (χ0n) is 14.2. The molecular formula is C18H37NO. The lowest BCUT2D eigenvalue weighted by atomic mass is 9.77. The fraction of sp³-hybridized carbons (Fsp3) is 1.00. The van der Waals surface area contributed by atoms with Gasteiger partial charge in [0.05, 0.1) is 6.10 Å². The molecule has 0 saturated carbocycles. The quantitative estimate of drug-likeness (QED) is 0.513. The van der Waals surface area contributed by atoms with Crippen molar-refractivity contribution in [2.24, 2.45) is 5.41 Å². The molecule has 0 aromatic carbocycles. The number of rotatable bonds is 12. The Balaban J connectivity index is 2.20. The van der Waals surface area contributed by atoms with Gasteiger partial charge in [-0.3, -0.25) is 0 Å². The number of hydrogen-bond acceptors (Lipinski definition) is 2. The van der Waals surface area contributed by atoms with Crippen molar-refractivity contribution < 1.29 is 4.74 Å². The van der Waals surface area contributed by atoms with Gasteiger partial charge in [-0.2, -0.15) is 0 Å². The Morgan fingerprint density at radius 1 is 1.00 bits per heavy atom. The minimum atomic E-state index is 0.415. The van der Waals surface area contributed by atoms with E-state index in [1.165, 1.54) is 64.2 Å². The molecule has 0 aliphatic carbocycles. The summed E-state index contributed by atoms with van der Waals surface area (Å²) in [5.74, 6) is 0. The maximum atomic E-state index is 5.87. The monoisotopic (exact) mass is 283 g/mol. The molecule has 1 aliphatic heterocycles. The second-order valence-electron chi connectivity index (χ2n) is 6.67. The molecule has 0 radical (unpaired) electrons. The normalized spacial score (nSPS) is 26.2. The average Bonchev–Trinajstić information content (AvgIpc) is 2.80. The fourth-order valence-electron chi connectivity index (χ4n) is 3.42. The van der Waals surface area contributed by atoms with E-state index in [9.17, 15) is 0 Å². The predicted octanol–water partition coefficient (Wildman–Crippen LogP) is 4.92. The van der Waals surface area contributed by atoms with E-state index in [-0.39, 0.29) is 0 Å². The van der Waals surface area contributed by atoms with E-state index in [0.717, 1.165) is 19.7 Å². The van der Waals surface area contributed by atoms with Crippen molar-refractivity contribution in [2.45, 2.75) is 91.1 Å². The molecule has 0 bridgehead atoms. The van der Waals surface area contributed by atoms with Gasteiger partial charge in [-0.05, 0) is 32.7 Å². The van der Waals surface area contributed by atoms with Crippen LogP contribution in [0.4, 0.5) is 0 Å². The van der Waals surface area contributed by atoms with Gasteiger partial charge in [0.2, 0.25) is 0 Å². The molecule has 120 valence electrons. The number of nitrogens with one attached hydrogen (secondary N) is 1. The summed E-state index contributed by atoms with van der Waals surface area (Å²) in [5, 5.41) is 3.64. The van der Waals surface area contributed by atoms with E-state index in [1.54, 1.807) is 0 Å². The highest BCUT2D eigenvalue weighted by molar-refractivity contribution is 4.91. The van der Waals surface area contributed by atoms with Crippen molar-refractivity contribution in [2.75, 3.05) is 19.7 Å². The smallest absolute Gasteiger partial charge is 0.0616 e. The molecule has 2 atom stereocenters. The lowest BCUT2D eigenvalue weighted by Gasteiger charge is -2.32. The number of hydrogen-bond donors (Lipinski definition) is 1. The minimum Gasteiger partial charge on any atom is -0.378 e. The first-order valence-electron chi connectivity index (χ1n) is 9.07. The Morgan fingerprint density at radius 2 is 1.70 bits per heavy atom. The predicted molar refractivity (Wildman–Crippen MR) is 88.2 cm³/mol. The summed E-state index contributed by atoms with van der Waals surface area (Å²) < 4.78 is 5.87. The Hall–Kier alpha value is -0.0800. The molecule has 1 aliphatic rings. The molecule has 0 aromatic heterocycles. The van der Waals surface area contributed by atoms with Crippen LogP contribution < -0.4 is 5.32 Å². The highest BCUT2D eigenvalue weighted by atomic mass is 16.5. The van der Waals surface area contributed by atoms with Crippen LogP contribution in [0.1, 0.15) is 85.0 Å². The second kappa shape index (κ2) is 10.6. The highest BCUT2D eigenvalue weighted by Crippen LogP contribution is 2.39. The average molecular weight is 283 g/mol. The van der Waals surface area contributed by atoms with Gasteiger partial charge < -0.3 is 10.1 Å². The first kappa shape index (κ1) is 18.0. The third-order valence-electron chi connectivity index (χ3n) is 5.01. The van der Waals surface area contributed by atoms with Crippen LogP contribution in [-0.4, -0.2) is 25.8 Å². The standard InChI is InChI=1S/C18H37NO/c1-4-6-7-8-9-10-11-12-18(16-19-14-5-2)13-15-20-17(18)3/h17,19H,4-16H2,1-3H3. The lowest BCUT2D eigenvalue weighted by Crippen LogP contribution is -2.39. The van der Waals surface area contributed by atoms with E-state index in [0.29, 0.717) is 11.5 Å². The summed E-state index contributed by atoms with van der Waals surface area (Å²) in [6.45, 7) is 10.1. The molecule has 2 nitrogen and oxygen atoms in total. The van der Waals surface area contributed by atoms with Gasteiger partial charge in [0.1, 0.15) is 0 Å². The van der Waals surface area contributed by atoms with Crippen molar-refractivity contribution in [3.63, 3.8) is 0 Å². The fourth-order valence-corrected chi connectivity index (χ4v) is 3.42. The van der Waals surface area contributed by atoms with Crippen LogP contribution in [0.25, 0.3) is 0 Å². The van der Waals surface area contributed by atoms with Gasteiger partial charge in [-0.25, -0.2) is 0 Å². The Kier molecular flexibility index (Phi) is 9.54. The van der Waals surface area contributed by atoms with Crippen molar-refractivity contribution in [1.29, 1.82) is 0 Å². The zero-order chi connectivity index (χ0) is 14.7. The van der Waals surface area contributed by atoms with E-state index in [4.69, 9.17) is 4.74 Å². The summed E-state index contributed by atoms with van der Waals surface area (Å²) in [6, 6.07) is 0. The van der Waals surface area contributed by atoms with Crippen molar-refractivity contribution in [3.05, 3.63) is 0 Å². The summed E-state index contributed by atoms with van der Waals surface area (Å²) in [4.78, 5) is 0. The SMILES string of the molecule is CCCCCCCCCC1(CNCCC)CCOC1C. The molecular weight excluding hydrogens is 246 g/mol. The Labute approximate surface area is 127 Å². The third-order valence-corrected chi connectivity index (χ3v) is 5.01. The molecule has 20 heavy (non-hydrogen) atoms. The molecule has 2 unspecified atom stereocenters. The maximum absolute atomic E-state index is 5.87. The second-order valence-corrected chi connectivity index (χ2v) is 6.67. The molecule has 1 fully saturated rings. The highest BCUT2D eigenvalue weighted by Gasteiger charge is 2.40. The van der Waals surface area contributed by atoms with E-state index in [1.807, 2.05) is 0 Å². The van der Waals surface area contributed by atoms with Crippen molar-refractivity contribution in [3.8, 4) is 0 Å². The van der Waals surface area contributed by atoms with E-state index >= 15 is 0 Å². The molecule has 1 heterocycles. The van der Waals surface area contributed by atoms with E-state index < -0.39 is 0 Å². The Morgan fingerprint density at radius 3 is 2.30 bits per heavy atom. The van der Waals surface area contributed by atoms with Crippen LogP contribution in [0.5, 0.6) is 0 Å². The number of unbranched alkanes of at least 4 members (excludes halogenated alkanes) is 6. The first-order chi connectivity index (χ1) is 9.75. The molecule has 1 rings (SSSR count). The largest absolute Gasteiger partial charge is 0.378 e. The van der Waals surface area contributed by atoms with Crippen LogP contribution in [0, 0.1) is 5.41 Å². The number of ether oxygens (including phenoxy) is 1. The van der Waals surface area contributed by atoms with Gasteiger partial charge in [0, 0.05) is 18.6 Å². The van der Waals surface area contributed by atoms with Crippen molar-refractivity contribution >= 4 is 0 Å². The molecule has 0 spiro atoms. The van der Waals surface area contributed by atoms with E-state index in [2.05, 4.69) is 26.1 Å². The van der Waals surface area contributed by atoms with Gasteiger partial charge in [0.15, 0.2) is 0 Å². The Bertz CT molecular complexity index is 231. The molecule has 0 aromatic rings. The minimum absolute atomic E-state index is 0.415. The van der Waals surface area contributed by atoms with Crippen LogP contribution in [0.2, 0.25) is 0 Å². The molecule has 1 N–H and O–H groups in total. The summed E-state index contributed by atoms with van der Waals surface area (Å²) in [6.07, 6.45) is 14.1.